The Kier molecular flexibility index (Phi) is 36.6. The third-order valence-corrected chi connectivity index (χ3v) is 9.54. The topological polar surface area (TPSA) is 4.93 Å². The number of benzene rings is 3. The largest absolute Gasteiger partial charge is 0.309 e. The van der Waals surface area contributed by atoms with E-state index in [2.05, 4.69) is 161 Å². The predicted molar refractivity (Wildman–Crippen MR) is 281 cm³/mol. The Bertz CT molecular complexity index is 2000. The van der Waals surface area contributed by atoms with Gasteiger partial charge >= 0.3 is 0 Å². The molecule has 0 fully saturated rings. The number of hydrogen-bond donors (Lipinski definition) is 0. The SMILES string of the molecule is C#C.C=C.C=CC/C=C/CC=C(Cl)C=C.C=CCC/C=C\C/C(Cl)=C\C.CC.CC.CC.CC.CC1=CC=C(C)C12c1ccccc1-n1c3ccccc3c3cccc2c31. The molecule has 0 saturated heterocycles. The molecule has 3 heteroatoms. The van der Waals surface area contributed by atoms with Gasteiger partial charge in [0.25, 0.3) is 0 Å². The summed E-state index contributed by atoms with van der Waals surface area (Å²) in [5.41, 5.74) is 9.43. The molecule has 1 aliphatic heterocycles. The van der Waals surface area contributed by atoms with Gasteiger partial charge in [-0.2, -0.15) is 0 Å². The lowest BCUT2D eigenvalue weighted by Crippen LogP contribution is -2.33. The number of allylic oxidation sites excluding steroid dienone is 15. The van der Waals surface area contributed by atoms with Crippen molar-refractivity contribution in [2.75, 3.05) is 0 Å². The normalized spacial score (nSPS) is 12.2. The molecule has 0 amide bonds. The number of fused-ring (bicyclic) bond motifs is 7. The average Bonchev–Trinajstić information content (AvgIpc) is 3.83. The van der Waals surface area contributed by atoms with Gasteiger partial charge in [-0.05, 0) is 69.7 Å². The number of aromatic nitrogens is 1. The highest BCUT2D eigenvalue weighted by Crippen LogP contribution is 2.55. The molecule has 0 radical (unpaired) electrons. The van der Waals surface area contributed by atoms with Gasteiger partial charge in [0.1, 0.15) is 0 Å². The summed E-state index contributed by atoms with van der Waals surface area (Å²) in [6.45, 7) is 39.3. The van der Waals surface area contributed by atoms with E-state index in [0.29, 0.717) is 5.03 Å². The summed E-state index contributed by atoms with van der Waals surface area (Å²) in [5.74, 6) is 0. The monoisotopic (exact) mass is 846 g/mol. The fourth-order valence-electron chi connectivity index (χ4n) is 6.56. The maximum absolute atomic E-state index is 5.77. The van der Waals surface area contributed by atoms with Crippen LogP contribution in [-0.2, 0) is 5.41 Å². The first-order valence-corrected chi connectivity index (χ1v) is 22.2. The van der Waals surface area contributed by atoms with Crippen LogP contribution in [0.2, 0.25) is 0 Å². The zero-order chi connectivity index (χ0) is 46.5. The lowest BCUT2D eigenvalue weighted by Gasteiger charge is -2.40. The van der Waals surface area contributed by atoms with Gasteiger partial charge in [-0.1, -0.05) is 218 Å². The minimum atomic E-state index is -0.138. The molecule has 6 rings (SSSR count). The van der Waals surface area contributed by atoms with Crippen LogP contribution in [0, 0.1) is 12.8 Å². The van der Waals surface area contributed by atoms with Crippen LogP contribution in [0.5, 0.6) is 0 Å². The molecule has 3 aromatic carbocycles. The Morgan fingerprint density at radius 2 is 1.18 bits per heavy atom. The van der Waals surface area contributed by atoms with E-state index in [0.717, 1.165) is 37.1 Å². The van der Waals surface area contributed by atoms with Crippen molar-refractivity contribution in [3.05, 3.63) is 199 Å². The maximum Gasteiger partial charge on any atom is 0.0663 e. The average molecular weight is 847 g/mol. The molecule has 1 aromatic heterocycles. The van der Waals surface area contributed by atoms with Crippen LogP contribution in [0.15, 0.2) is 188 Å². The molecule has 324 valence electrons. The lowest BCUT2D eigenvalue weighted by atomic mass is 9.65. The van der Waals surface area contributed by atoms with Crippen LogP contribution < -0.4 is 0 Å². The van der Waals surface area contributed by atoms with Crippen molar-refractivity contribution in [2.24, 2.45) is 0 Å². The summed E-state index contributed by atoms with van der Waals surface area (Å²) in [5, 5.41) is 4.28. The first kappa shape index (κ1) is 59.3. The van der Waals surface area contributed by atoms with E-state index in [9.17, 15) is 0 Å². The van der Waals surface area contributed by atoms with Gasteiger partial charge in [-0.15, -0.1) is 39.2 Å². The van der Waals surface area contributed by atoms with Gasteiger partial charge in [0, 0.05) is 27.3 Å². The quantitative estimate of drug-likeness (QED) is 0.0649. The Morgan fingerprint density at radius 3 is 1.75 bits per heavy atom. The standard InChI is InChI=1S/C25H19N.C10H15Cl.C10H13Cl.4C2H6.C2H4.C2H2/c1-16-14-15-17(2)25(16)20-10-4-6-13-23(20)26-22-12-5-3-8-18(22)19-9-7-11-21(25)24(19)26;2*1-3-5-6-7-8-9-10(11)4-2;6*1-2/h3-15H,1-2H3;3-4,7-8H,1,5-6,9H2,2H3;3-4,6-7,9H,1-2,5,8H2;4*1-2H3;1-2H2;1-2H/b;8-7-,10-4+;7-6+,10-9?;;;;;;. The number of nitrogens with zero attached hydrogens (tertiary/aromatic N) is 1. The molecule has 0 atom stereocenters. The number of unbranched alkanes of at least 4 members (excludes halogenated alkanes) is 1. The number of terminal acetylenes is 1. The second-order valence-corrected chi connectivity index (χ2v) is 12.7. The zero-order valence-corrected chi connectivity index (χ0v) is 40.6. The number of rotatable bonds is 10. The van der Waals surface area contributed by atoms with Crippen molar-refractivity contribution in [2.45, 2.75) is 114 Å². The van der Waals surface area contributed by atoms with Crippen molar-refractivity contribution in [1.82, 2.24) is 4.57 Å². The number of para-hydroxylation sites is 3. The number of halogens is 2. The lowest BCUT2D eigenvalue weighted by molar-refractivity contribution is 0.706. The Labute approximate surface area is 378 Å². The predicted octanol–water partition coefficient (Wildman–Crippen LogP) is 19.3. The molecule has 0 N–H and O–H groups in total. The summed E-state index contributed by atoms with van der Waals surface area (Å²) < 4.78 is 2.47. The van der Waals surface area contributed by atoms with E-state index >= 15 is 0 Å². The van der Waals surface area contributed by atoms with E-state index in [1.165, 1.54) is 49.8 Å². The maximum atomic E-state index is 5.77. The molecule has 1 nitrogen and oxygen atoms in total. The fourth-order valence-corrected chi connectivity index (χ4v) is 6.74. The molecule has 1 spiro atoms. The van der Waals surface area contributed by atoms with Crippen LogP contribution in [-0.4, -0.2) is 4.57 Å². The van der Waals surface area contributed by atoms with E-state index in [4.69, 9.17) is 23.2 Å². The molecule has 0 saturated carbocycles. The third kappa shape index (κ3) is 16.2. The van der Waals surface area contributed by atoms with Crippen LogP contribution in [0.1, 0.15) is 119 Å². The third-order valence-electron chi connectivity index (χ3n) is 8.86. The highest BCUT2D eigenvalue weighted by atomic mass is 35.5. The highest BCUT2D eigenvalue weighted by molar-refractivity contribution is 6.31. The first-order chi connectivity index (χ1) is 29.4. The van der Waals surface area contributed by atoms with Gasteiger partial charge in [0.15, 0.2) is 0 Å². The fraction of sp³-hybridized carbons (Fsp3) is 0.298. The smallest absolute Gasteiger partial charge is 0.0663 e. The summed E-state index contributed by atoms with van der Waals surface area (Å²) in [6.07, 6.45) is 34.9. The van der Waals surface area contributed by atoms with Gasteiger partial charge in [-0.25, -0.2) is 0 Å². The van der Waals surface area contributed by atoms with E-state index in [-0.39, 0.29) is 5.41 Å². The van der Waals surface area contributed by atoms with Gasteiger partial charge in [0.05, 0.1) is 22.1 Å². The van der Waals surface area contributed by atoms with Crippen molar-refractivity contribution in [3.8, 4) is 18.5 Å². The van der Waals surface area contributed by atoms with Gasteiger partial charge < -0.3 is 4.57 Å². The first-order valence-electron chi connectivity index (χ1n) is 21.5. The molecule has 4 aromatic rings. The summed E-state index contributed by atoms with van der Waals surface area (Å²) in [4.78, 5) is 0. The number of hydrogen-bond acceptors (Lipinski definition) is 0. The van der Waals surface area contributed by atoms with Gasteiger partial charge in [-0.3, -0.25) is 0 Å². The highest BCUT2D eigenvalue weighted by Gasteiger charge is 2.46. The molecular weight excluding hydrogens is 770 g/mol. The second-order valence-electron chi connectivity index (χ2n) is 11.8. The molecule has 60 heavy (non-hydrogen) atoms. The van der Waals surface area contributed by atoms with Crippen molar-refractivity contribution >= 4 is 45.0 Å². The van der Waals surface area contributed by atoms with Crippen molar-refractivity contribution in [1.29, 1.82) is 0 Å². The second kappa shape index (κ2) is 37.0. The van der Waals surface area contributed by atoms with Crippen molar-refractivity contribution in [3.63, 3.8) is 0 Å². The molecule has 2 aliphatic rings. The Morgan fingerprint density at radius 1 is 0.650 bits per heavy atom. The van der Waals surface area contributed by atoms with Crippen LogP contribution in [0.4, 0.5) is 0 Å². The molecule has 0 bridgehead atoms. The Hall–Kier alpha value is -5.00. The molecule has 0 unspecified atom stereocenters. The minimum Gasteiger partial charge on any atom is -0.309 e. The van der Waals surface area contributed by atoms with Crippen LogP contribution in [0.3, 0.4) is 0 Å². The summed E-state index contributed by atoms with van der Waals surface area (Å²) >= 11 is 11.4. The van der Waals surface area contributed by atoms with Crippen LogP contribution >= 0.6 is 23.2 Å². The Balaban J connectivity index is -0.000000811. The van der Waals surface area contributed by atoms with E-state index in [1.807, 2.05) is 92.7 Å². The molecule has 1 aliphatic carbocycles. The zero-order valence-electron chi connectivity index (χ0n) is 39.1. The molecule has 2 heterocycles. The van der Waals surface area contributed by atoms with E-state index < -0.39 is 0 Å². The molecular formula is C57H77Cl2N. The minimum absolute atomic E-state index is 0.138. The van der Waals surface area contributed by atoms with E-state index in [1.54, 1.807) is 6.08 Å². The summed E-state index contributed by atoms with van der Waals surface area (Å²) in [7, 11) is 0. The van der Waals surface area contributed by atoms with Crippen LogP contribution in [0.25, 0.3) is 27.5 Å². The summed E-state index contributed by atoms with van der Waals surface area (Å²) in [6, 6.07) is 24.5. The van der Waals surface area contributed by atoms with Crippen molar-refractivity contribution < 1.29 is 0 Å². The van der Waals surface area contributed by atoms with Gasteiger partial charge in [0.2, 0.25) is 0 Å².